The smallest absolute Gasteiger partial charge is 0.0645 e. The first-order chi connectivity index (χ1) is 9.18. The maximum absolute atomic E-state index is 5.60. The molecule has 102 valence electrons. The van der Waals surface area contributed by atoms with Gasteiger partial charge in [-0.05, 0) is 31.4 Å². The second-order valence-corrected chi connectivity index (χ2v) is 5.85. The third kappa shape index (κ3) is 2.53. The Bertz CT molecular complexity index is 567. The standard InChI is InChI=1S/C16H22N2O/c1-16(8-5-9-19-12-16)17-10-13-11-18(2)15-7-4-3-6-14(13)15/h3-4,6-7,11,17H,5,8-10,12H2,1-2H3. The molecule has 1 atom stereocenters. The van der Waals surface area contributed by atoms with Crippen LogP contribution in [0.3, 0.4) is 0 Å². The van der Waals surface area contributed by atoms with Crippen LogP contribution in [0.25, 0.3) is 10.9 Å². The van der Waals surface area contributed by atoms with Crippen molar-refractivity contribution in [3.8, 4) is 0 Å². The lowest BCUT2D eigenvalue weighted by molar-refractivity contribution is 0.0278. The normalized spacial score (nSPS) is 23.9. The van der Waals surface area contributed by atoms with E-state index in [9.17, 15) is 0 Å². The van der Waals surface area contributed by atoms with Crippen LogP contribution >= 0.6 is 0 Å². The Morgan fingerprint density at radius 3 is 3.00 bits per heavy atom. The van der Waals surface area contributed by atoms with E-state index in [-0.39, 0.29) is 5.54 Å². The number of ether oxygens (including phenoxy) is 1. The van der Waals surface area contributed by atoms with Crippen molar-refractivity contribution < 1.29 is 4.74 Å². The number of aromatic nitrogens is 1. The molecular formula is C16H22N2O. The Labute approximate surface area is 114 Å². The Balaban J connectivity index is 1.78. The summed E-state index contributed by atoms with van der Waals surface area (Å²) >= 11 is 0. The molecule has 0 saturated carbocycles. The third-order valence-corrected chi connectivity index (χ3v) is 4.12. The van der Waals surface area contributed by atoms with Gasteiger partial charge in [0.1, 0.15) is 0 Å². The number of benzene rings is 1. The van der Waals surface area contributed by atoms with Crippen molar-refractivity contribution in [3.05, 3.63) is 36.0 Å². The van der Waals surface area contributed by atoms with Crippen LogP contribution in [-0.4, -0.2) is 23.3 Å². The summed E-state index contributed by atoms with van der Waals surface area (Å²) in [6, 6.07) is 8.57. The highest BCUT2D eigenvalue weighted by atomic mass is 16.5. The quantitative estimate of drug-likeness (QED) is 0.916. The second kappa shape index (κ2) is 4.99. The predicted octanol–water partition coefficient (Wildman–Crippen LogP) is 2.84. The fourth-order valence-electron chi connectivity index (χ4n) is 2.95. The zero-order valence-electron chi connectivity index (χ0n) is 11.8. The highest BCUT2D eigenvalue weighted by Crippen LogP contribution is 2.23. The van der Waals surface area contributed by atoms with E-state index in [1.807, 2.05) is 0 Å². The number of hydrogen-bond donors (Lipinski definition) is 1. The summed E-state index contributed by atoms with van der Waals surface area (Å²) in [6.45, 7) is 4.89. The highest BCUT2D eigenvalue weighted by molar-refractivity contribution is 5.83. The number of nitrogens with zero attached hydrogens (tertiary/aromatic N) is 1. The topological polar surface area (TPSA) is 26.2 Å². The molecule has 1 aromatic carbocycles. The Morgan fingerprint density at radius 1 is 1.37 bits per heavy atom. The van der Waals surface area contributed by atoms with Gasteiger partial charge in [-0.2, -0.15) is 0 Å². The maximum Gasteiger partial charge on any atom is 0.0645 e. The van der Waals surface area contributed by atoms with Crippen LogP contribution in [0.2, 0.25) is 0 Å². The molecule has 2 heterocycles. The van der Waals surface area contributed by atoms with Gasteiger partial charge >= 0.3 is 0 Å². The molecule has 1 fully saturated rings. The molecule has 1 aliphatic heterocycles. The van der Waals surface area contributed by atoms with E-state index in [0.717, 1.165) is 26.2 Å². The van der Waals surface area contributed by atoms with Gasteiger partial charge in [0.05, 0.1) is 6.61 Å². The van der Waals surface area contributed by atoms with Gasteiger partial charge in [-0.1, -0.05) is 18.2 Å². The molecule has 3 heteroatoms. The fourth-order valence-corrected chi connectivity index (χ4v) is 2.95. The zero-order valence-corrected chi connectivity index (χ0v) is 11.8. The van der Waals surface area contributed by atoms with E-state index < -0.39 is 0 Å². The van der Waals surface area contributed by atoms with Crippen LogP contribution in [0.15, 0.2) is 30.5 Å². The number of aryl methyl sites for hydroxylation is 1. The minimum absolute atomic E-state index is 0.120. The predicted molar refractivity (Wildman–Crippen MR) is 78.2 cm³/mol. The van der Waals surface area contributed by atoms with Gasteiger partial charge in [0.15, 0.2) is 0 Å². The van der Waals surface area contributed by atoms with E-state index in [2.05, 4.69) is 54.3 Å². The number of nitrogens with one attached hydrogen (secondary N) is 1. The molecule has 2 aromatic rings. The van der Waals surface area contributed by atoms with Gasteiger partial charge in [-0.15, -0.1) is 0 Å². The first kappa shape index (κ1) is 12.7. The van der Waals surface area contributed by atoms with Gasteiger partial charge in [-0.25, -0.2) is 0 Å². The van der Waals surface area contributed by atoms with Crippen molar-refractivity contribution in [3.63, 3.8) is 0 Å². The Kier molecular flexibility index (Phi) is 3.33. The number of rotatable bonds is 3. The molecule has 0 bridgehead atoms. The molecule has 3 nitrogen and oxygen atoms in total. The Morgan fingerprint density at radius 2 is 2.21 bits per heavy atom. The van der Waals surface area contributed by atoms with Crippen LogP contribution in [0.4, 0.5) is 0 Å². The van der Waals surface area contributed by atoms with Gasteiger partial charge in [0.25, 0.3) is 0 Å². The molecule has 0 spiro atoms. The summed E-state index contributed by atoms with van der Waals surface area (Å²) in [4.78, 5) is 0. The zero-order chi connectivity index (χ0) is 13.3. The summed E-state index contributed by atoms with van der Waals surface area (Å²) in [5.74, 6) is 0. The summed E-state index contributed by atoms with van der Waals surface area (Å²) in [5.41, 5.74) is 2.78. The fraction of sp³-hybridized carbons (Fsp3) is 0.500. The lowest BCUT2D eigenvalue weighted by Gasteiger charge is -2.34. The minimum Gasteiger partial charge on any atom is -0.380 e. The van der Waals surface area contributed by atoms with Gasteiger partial charge < -0.3 is 14.6 Å². The molecule has 1 unspecified atom stereocenters. The Hall–Kier alpha value is -1.32. The SMILES string of the molecule is Cn1cc(CNC2(C)CCCOC2)c2ccccc21. The molecule has 1 N–H and O–H groups in total. The molecule has 0 aliphatic carbocycles. The van der Waals surface area contributed by atoms with E-state index in [1.54, 1.807) is 0 Å². The van der Waals surface area contributed by atoms with Gasteiger partial charge in [-0.3, -0.25) is 0 Å². The molecular weight excluding hydrogens is 236 g/mol. The monoisotopic (exact) mass is 258 g/mol. The van der Waals surface area contributed by atoms with Crippen molar-refractivity contribution in [2.75, 3.05) is 13.2 Å². The van der Waals surface area contributed by atoms with Gasteiger partial charge in [0, 0.05) is 42.8 Å². The molecule has 1 saturated heterocycles. The largest absolute Gasteiger partial charge is 0.380 e. The average molecular weight is 258 g/mol. The van der Waals surface area contributed by atoms with Crippen LogP contribution < -0.4 is 5.32 Å². The minimum atomic E-state index is 0.120. The van der Waals surface area contributed by atoms with Crippen LogP contribution in [0.5, 0.6) is 0 Å². The van der Waals surface area contributed by atoms with E-state index in [4.69, 9.17) is 4.74 Å². The summed E-state index contributed by atoms with van der Waals surface area (Å²) in [6.07, 6.45) is 4.57. The van der Waals surface area contributed by atoms with Crippen molar-refractivity contribution in [1.29, 1.82) is 0 Å². The van der Waals surface area contributed by atoms with Crippen molar-refractivity contribution in [2.45, 2.75) is 31.8 Å². The number of hydrogen-bond acceptors (Lipinski definition) is 2. The summed E-state index contributed by atoms with van der Waals surface area (Å²) < 4.78 is 7.80. The molecule has 0 amide bonds. The molecule has 1 aromatic heterocycles. The second-order valence-electron chi connectivity index (χ2n) is 5.85. The van der Waals surface area contributed by atoms with Crippen LogP contribution in [0.1, 0.15) is 25.3 Å². The van der Waals surface area contributed by atoms with E-state index >= 15 is 0 Å². The van der Waals surface area contributed by atoms with E-state index in [0.29, 0.717) is 0 Å². The van der Waals surface area contributed by atoms with Crippen molar-refractivity contribution in [2.24, 2.45) is 7.05 Å². The lowest BCUT2D eigenvalue weighted by Crippen LogP contribution is -2.48. The van der Waals surface area contributed by atoms with E-state index in [1.165, 1.54) is 22.9 Å². The maximum atomic E-state index is 5.60. The van der Waals surface area contributed by atoms with Crippen LogP contribution in [0, 0.1) is 0 Å². The van der Waals surface area contributed by atoms with Gasteiger partial charge in [0.2, 0.25) is 0 Å². The molecule has 1 aliphatic rings. The molecule has 0 radical (unpaired) electrons. The number of fused-ring (bicyclic) bond motifs is 1. The third-order valence-electron chi connectivity index (χ3n) is 4.12. The molecule has 3 rings (SSSR count). The first-order valence-corrected chi connectivity index (χ1v) is 7.04. The summed E-state index contributed by atoms with van der Waals surface area (Å²) in [7, 11) is 2.11. The van der Waals surface area contributed by atoms with Crippen molar-refractivity contribution >= 4 is 10.9 Å². The first-order valence-electron chi connectivity index (χ1n) is 7.04. The summed E-state index contributed by atoms with van der Waals surface area (Å²) in [5, 5.41) is 5.03. The average Bonchev–Trinajstić information content (AvgIpc) is 2.75. The highest BCUT2D eigenvalue weighted by Gasteiger charge is 2.26. The lowest BCUT2D eigenvalue weighted by atomic mass is 9.94. The van der Waals surface area contributed by atoms with Crippen molar-refractivity contribution in [1.82, 2.24) is 9.88 Å². The molecule has 19 heavy (non-hydrogen) atoms. The number of para-hydroxylation sites is 1. The van der Waals surface area contributed by atoms with Crippen LogP contribution in [-0.2, 0) is 18.3 Å².